The Kier molecular flexibility index (Phi) is 10.4. The standard InChI is InChI=1S/C14H30O3Si/c1-4-11-18(12-5-2,13-6-3)17-14(16)9-7-8-10-15/h15H,4-13H2,1-3H3. The number of carbonyl (C=O) groups excluding carboxylic acids is 1. The van der Waals surface area contributed by atoms with Crippen molar-refractivity contribution >= 4 is 14.3 Å². The summed E-state index contributed by atoms with van der Waals surface area (Å²) in [7, 11) is -1.83. The van der Waals surface area contributed by atoms with Crippen molar-refractivity contribution in [3.63, 3.8) is 0 Å². The van der Waals surface area contributed by atoms with Crippen molar-refractivity contribution < 1.29 is 14.3 Å². The fourth-order valence-electron chi connectivity index (χ4n) is 2.57. The smallest absolute Gasteiger partial charge is 0.292 e. The number of aliphatic hydroxyl groups is 1. The van der Waals surface area contributed by atoms with Crippen LogP contribution in [0.2, 0.25) is 18.1 Å². The summed E-state index contributed by atoms with van der Waals surface area (Å²) in [6.45, 7) is 6.68. The number of rotatable bonds is 11. The predicted molar refractivity (Wildman–Crippen MR) is 78.1 cm³/mol. The van der Waals surface area contributed by atoms with E-state index in [4.69, 9.17) is 9.53 Å². The molecular weight excluding hydrogens is 244 g/mol. The molecule has 0 bridgehead atoms. The summed E-state index contributed by atoms with van der Waals surface area (Å²) in [5.74, 6) is -0.0366. The fraction of sp³-hybridized carbons (Fsp3) is 0.929. The van der Waals surface area contributed by atoms with E-state index >= 15 is 0 Å². The van der Waals surface area contributed by atoms with Gasteiger partial charge >= 0.3 is 0 Å². The van der Waals surface area contributed by atoms with Crippen LogP contribution in [0.25, 0.3) is 0 Å². The van der Waals surface area contributed by atoms with E-state index in [1.807, 2.05) is 0 Å². The van der Waals surface area contributed by atoms with Gasteiger partial charge in [-0.15, -0.1) is 0 Å². The minimum Gasteiger partial charge on any atom is -0.519 e. The van der Waals surface area contributed by atoms with Crippen molar-refractivity contribution in [2.24, 2.45) is 0 Å². The summed E-state index contributed by atoms with van der Waals surface area (Å²) >= 11 is 0. The van der Waals surface area contributed by atoms with Crippen LogP contribution in [0.1, 0.15) is 59.3 Å². The second-order valence-corrected chi connectivity index (χ2v) is 9.16. The number of aliphatic hydroxyl groups excluding tert-OH is 1. The Morgan fingerprint density at radius 2 is 1.50 bits per heavy atom. The quantitative estimate of drug-likeness (QED) is 0.459. The molecule has 0 aliphatic heterocycles. The summed E-state index contributed by atoms with van der Waals surface area (Å²) in [6, 6.07) is 3.29. The van der Waals surface area contributed by atoms with Crippen LogP contribution in [0.3, 0.4) is 0 Å². The summed E-state index contributed by atoms with van der Waals surface area (Å²) < 4.78 is 5.92. The Balaban J connectivity index is 4.39. The first-order valence-electron chi connectivity index (χ1n) is 7.46. The number of hydrogen-bond acceptors (Lipinski definition) is 3. The Labute approximate surface area is 113 Å². The van der Waals surface area contributed by atoms with Gasteiger partial charge in [0.25, 0.3) is 14.3 Å². The second-order valence-electron chi connectivity index (χ2n) is 5.09. The van der Waals surface area contributed by atoms with E-state index in [0.29, 0.717) is 12.8 Å². The maximum absolute atomic E-state index is 11.9. The number of carbonyl (C=O) groups is 1. The third-order valence-corrected chi connectivity index (χ3v) is 8.13. The highest BCUT2D eigenvalue weighted by Gasteiger charge is 2.35. The first kappa shape index (κ1) is 17.6. The topological polar surface area (TPSA) is 46.5 Å². The fourth-order valence-corrected chi connectivity index (χ4v) is 6.94. The highest BCUT2D eigenvalue weighted by atomic mass is 28.4. The maximum atomic E-state index is 11.9. The highest BCUT2D eigenvalue weighted by molar-refractivity contribution is 6.75. The molecule has 0 aromatic heterocycles. The molecule has 4 heteroatoms. The summed E-state index contributed by atoms with van der Waals surface area (Å²) in [5, 5.41) is 8.72. The van der Waals surface area contributed by atoms with Gasteiger partial charge in [-0.25, -0.2) is 0 Å². The van der Waals surface area contributed by atoms with E-state index in [1.54, 1.807) is 0 Å². The van der Waals surface area contributed by atoms with Crippen molar-refractivity contribution in [1.82, 2.24) is 0 Å². The molecule has 0 aromatic carbocycles. The molecule has 1 N–H and O–H groups in total. The molecule has 0 saturated heterocycles. The molecule has 0 atom stereocenters. The Bertz CT molecular complexity index is 202. The third-order valence-electron chi connectivity index (χ3n) is 3.24. The molecular formula is C14H30O3Si. The Hall–Kier alpha value is -0.353. The molecule has 0 unspecified atom stereocenters. The number of hydrogen-bond donors (Lipinski definition) is 1. The van der Waals surface area contributed by atoms with E-state index in [-0.39, 0.29) is 12.6 Å². The van der Waals surface area contributed by atoms with Gasteiger partial charge in [-0.2, -0.15) is 0 Å². The zero-order valence-electron chi connectivity index (χ0n) is 12.3. The van der Waals surface area contributed by atoms with Crippen LogP contribution in [-0.2, 0) is 9.22 Å². The monoisotopic (exact) mass is 274 g/mol. The molecule has 0 aromatic rings. The summed E-state index contributed by atoms with van der Waals surface area (Å²) in [5.41, 5.74) is 0. The van der Waals surface area contributed by atoms with Crippen molar-refractivity contribution in [3.05, 3.63) is 0 Å². The zero-order valence-corrected chi connectivity index (χ0v) is 13.3. The van der Waals surface area contributed by atoms with Crippen LogP contribution in [-0.4, -0.2) is 26.0 Å². The summed E-state index contributed by atoms with van der Waals surface area (Å²) in [6.07, 6.45) is 5.22. The molecule has 0 heterocycles. The number of unbranched alkanes of at least 4 members (excludes halogenated alkanes) is 1. The van der Waals surface area contributed by atoms with E-state index in [0.717, 1.165) is 43.8 Å². The highest BCUT2D eigenvalue weighted by Crippen LogP contribution is 2.28. The third kappa shape index (κ3) is 7.16. The van der Waals surface area contributed by atoms with E-state index in [9.17, 15) is 4.79 Å². The van der Waals surface area contributed by atoms with Gasteiger partial charge in [0.1, 0.15) is 0 Å². The van der Waals surface area contributed by atoms with Gasteiger partial charge in [-0.05, 0) is 31.0 Å². The minimum absolute atomic E-state index is 0.0366. The Morgan fingerprint density at radius 3 is 1.89 bits per heavy atom. The van der Waals surface area contributed by atoms with Gasteiger partial charge in [0.2, 0.25) is 0 Å². The van der Waals surface area contributed by atoms with Gasteiger partial charge in [0.05, 0.1) is 0 Å². The normalized spacial score (nSPS) is 11.6. The first-order valence-corrected chi connectivity index (χ1v) is 9.99. The van der Waals surface area contributed by atoms with Crippen LogP contribution in [0.15, 0.2) is 0 Å². The van der Waals surface area contributed by atoms with Crippen molar-refractivity contribution in [2.45, 2.75) is 77.4 Å². The molecule has 3 nitrogen and oxygen atoms in total. The van der Waals surface area contributed by atoms with E-state index in [2.05, 4.69) is 20.8 Å². The van der Waals surface area contributed by atoms with Crippen LogP contribution >= 0.6 is 0 Å². The molecule has 0 rings (SSSR count). The van der Waals surface area contributed by atoms with Crippen LogP contribution in [0.4, 0.5) is 0 Å². The van der Waals surface area contributed by atoms with Crippen molar-refractivity contribution in [1.29, 1.82) is 0 Å². The molecule has 0 radical (unpaired) electrons. The van der Waals surface area contributed by atoms with E-state index < -0.39 is 8.32 Å². The lowest BCUT2D eigenvalue weighted by atomic mass is 10.2. The zero-order chi connectivity index (χ0) is 13.9. The molecule has 0 spiro atoms. The van der Waals surface area contributed by atoms with Gasteiger partial charge < -0.3 is 9.53 Å². The molecule has 0 aliphatic carbocycles. The molecule has 0 fully saturated rings. The molecule has 108 valence electrons. The SMILES string of the molecule is CCC[Si](CCC)(CCC)OC(=O)CCCCO. The minimum atomic E-state index is -1.83. The maximum Gasteiger partial charge on any atom is 0.292 e. The molecule has 0 aliphatic rings. The summed E-state index contributed by atoms with van der Waals surface area (Å²) in [4.78, 5) is 11.9. The second kappa shape index (κ2) is 10.6. The van der Waals surface area contributed by atoms with Crippen LogP contribution in [0.5, 0.6) is 0 Å². The molecule has 18 heavy (non-hydrogen) atoms. The van der Waals surface area contributed by atoms with E-state index in [1.165, 1.54) is 0 Å². The molecule has 0 saturated carbocycles. The largest absolute Gasteiger partial charge is 0.519 e. The average molecular weight is 274 g/mol. The van der Waals surface area contributed by atoms with Crippen LogP contribution < -0.4 is 0 Å². The van der Waals surface area contributed by atoms with Gasteiger partial charge in [-0.3, -0.25) is 4.79 Å². The van der Waals surface area contributed by atoms with Gasteiger partial charge in [-0.1, -0.05) is 40.0 Å². The van der Waals surface area contributed by atoms with Crippen molar-refractivity contribution in [3.8, 4) is 0 Å². The van der Waals surface area contributed by atoms with Gasteiger partial charge in [0.15, 0.2) is 0 Å². The lowest BCUT2D eigenvalue weighted by Crippen LogP contribution is -2.40. The van der Waals surface area contributed by atoms with Gasteiger partial charge in [0, 0.05) is 13.0 Å². The van der Waals surface area contributed by atoms with Crippen LogP contribution in [0, 0.1) is 0 Å². The molecule has 0 amide bonds. The first-order chi connectivity index (χ1) is 8.64. The average Bonchev–Trinajstić information content (AvgIpc) is 2.30. The predicted octanol–water partition coefficient (Wildman–Crippen LogP) is 3.87. The van der Waals surface area contributed by atoms with Crippen molar-refractivity contribution in [2.75, 3.05) is 6.61 Å². The lowest BCUT2D eigenvalue weighted by Gasteiger charge is -2.30. The lowest BCUT2D eigenvalue weighted by molar-refractivity contribution is -0.135. The Morgan fingerprint density at radius 1 is 1.00 bits per heavy atom.